The number of benzene rings is 1. The fraction of sp³-hybridized carbons (Fsp3) is 0.500. The SMILES string of the molecule is COc1cccc(CCC(=O)NNC(=S)NC(C)(C)C)c1OC. The van der Waals surface area contributed by atoms with E-state index in [1.807, 2.05) is 39.0 Å². The second-order valence-corrected chi connectivity index (χ2v) is 6.44. The van der Waals surface area contributed by atoms with Crippen molar-refractivity contribution in [3.63, 3.8) is 0 Å². The van der Waals surface area contributed by atoms with Gasteiger partial charge in [-0.2, -0.15) is 0 Å². The van der Waals surface area contributed by atoms with Gasteiger partial charge in [-0.05, 0) is 51.0 Å². The Hall–Kier alpha value is -2.02. The molecular weight excluding hydrogens is 314 g/mol. The molecule has 0 bridgehead atoms. The van der Waals surface area contributed by atoms with Gasteiger partial charge >= 0.3 is 0 Å². The molecule has 23 heavy (non-hydrogen) atoms. The van der Waals surface area contributed by atoms with Gasteiger partial charge in [-0.3, -0.25) is 15.6 Å². The number of nitrogens with one attached hydrogen (secondary N) is 3. The largest absolute Gasteiger partial charge is 0.493 e. The third-order valence-electron chi connectivity index (χ3n) is 2.91. The molecule has 0 saturated heterocycles. The van der Waals surface area contributed by atoms with E-state index in [0.717, 1.165) is 5.56 Å². The summed E-state index contributed by atoms with van der Waals surface area (Å²) in [7, 11) is 3.17. The van der Waals surface area contributed by atoms with Gasteiger partial charge in [0.15, 0.2) is 16.6 Å². The molecule has 1 aromatic carbocycles. The van der Waals surface area contributed by atoms with Crippen molar-refractivity contribution in [3.8, 4) is 11.5 Å². The number of aryl methyl sites for hydroxylation is 1. The molecule has 0 radical (unpaired) electrons. The van der Waals surface area contributed by atoms with Crippen molar-refractivity contribution in [2.45, 2.75) is 39.2 Å². The maximum Gasteiger partial charge on any atom is 0.238 e. The molecule has 0 spiro atoms. The number of hydrogen-bond acceptors (Lipinski definition) is 4. The summed E-state index contributed by atoms with van der Waals surface area (Å²) >= 11 is 5.10. The summed E-state index contributed by atoms with van der Waals surface area (Å²) in [6.07, 6.45) is 0.835. The third kappa shape index (κ3) is 6.73. The van der Waals surface area contributed by atoms with Crippen molar-refractivity contribution in [3.05, 3.63) is 23.8 Å². The Morgan fingerprint density at radius 3 is 2.43 bits per heavy atom. The van der Waals surface area contributed by atoms with Crippen LogP contribution in [0.4, 0.5) is 0 Å². The molecule has 3 N–H and O–H groups in total. The van der Waals surface area contributed by atoms with Crippen LogP contribution in [-0.2, 0) is 11.2 Å². The molecule has 6 nitrogen and oxygen atoms in total. The molecule has 0 fully saturated rings. The fourth-order valence-corrected chi connectivity index (χ4v) is 2.32. The average molecular weight is 339 g/mol. The van der Waals surface area contributed by atoms with E-state index in [9.17, 15) is 4.79 Å². The lowest BCUT2D eigenvalue weighted by molar-refractivity contribution is -0.121. The minimum absolute atomic E-state index is 0.159. The number of rotatable bonds is 5. The van der Waals surface area contributed by atoms with Gasteiger partial charge in [-0.15, -0.1) is 0 Å². The summed E-state index contributed by atoms with van der Waals surface area (Å²) in [5.41, 5.74) is 6.02. The number of hydrogen-bond donors (Lipinski definition) is 3. The van der Waals surface area contributed by atoms with Gasteiger partial charge in [-0.25, -0.2) is 0 Å². The summed E-state index contributed by atoms with van der Waals surface area (Å²) in [6, 6.07) is 5.60. The number of ether oxygens (including phenoxy) is 2. The minimum Gasteiger partial charge on any atom is -0.493 e. The Morgan fingerprint density at radius 1 is 1.17 bits per heavy atom. The zero-order chi connectivity index (χ0) is 17.5. The number of carbonyl (C=O) groups excluding carboxylic acids is 1. The van der Waals surface area contributed by atoms with Crippen LogP contribution in [0.15, 0.2) is 18.2 Å². The van der Waals surface area contributed by atoms with Crippen LogP contribution in [0.1, 0.15) is 32.8 Å². The molecular formula is C16H25N3O3S. The van der Waals surface area contributed by atoms with Gasteiger partial charge in [0.2, 0.25) is 5.91 Å². The van der Waals surface area contributed by atoms with Crippen LogP contribution in [-0.4, -0.2) is 30.8 Å². The van der Waals surface area contributed by atoms with Crippen molar-refractivity contribution in [2.24, 2.45) is 0 Å². The molecule has 0 atom stereocenters. The van der Waals surface area contributed by atoms with Crippen LogP contribution in [0.5, 0.6) is 11.5 Å². The standard InChI is InChI=1S/C16H25N3O3S/c1-16(2,3)17-15(23)19-18-13(20)10-9-11-7-6-8-12(21-4)14(11)22-5/h6-8H,9-10H2,1-5H3,(H,18,20)(H2,17,19,23). The quantitative estimate of drug-likeness (QED) is 0.562. The number of hydrazine groups is 1. The first-order valence-corrected chi connectivity index (χ1v) is 7.74. The van der Waals surface area contributed by atoms with Crippen LogP contribution < -0.4 is 25.6 Å². The molecule has 1 amide bonds. The number of methoxy groups -OCH3 is 2. The molecule has 1 rings (SSSR count). The van der Waals surface area contributed by atoms with E-state index in [0.29, 0.717) is 29.5 Å². The molecule has 0 aliphatic heterocycles. The normalized spacial score (nSPS) is 10.7. The lowest BCUT2D eigenvalue weighted by Gasteiger charge is -2.23. The van der Waals surface area contributed by atoms with Crippen LogP contribution in [0, 0.1) is 0 Å². The van der Waals surface area contributed by atoms with Gasteiger partial charge in [-0.1, -0.05) is 12.1 Å². The van der Waals surface area contributed by atoms with Gasteiger partial charge in [0.05, 0.1) is 14.2 Å². The Kier molecular flexibility index (Phi) is 7.09. The van der Waals surface area contributed by atoms with Crippen LogP contribution in [0.3, 0.4) is 0 Å². The lowest BCUT2D eigenvalue weighted by atomic mass is 10.1. The van der Waals surface area contributed by atoms with E-state index in [1.54, 1.807) is 14.2 Å². The van der Waals surface area contributed by atoms with E-state index in [4.69, 9.17) is 21.7 Å². The second kappa shape index (κ2) is 8.57. The number of thiocarbonyl (C=S) groups is 1. The second-order valence-electron chi connectivity index (χ2n) is 6.03. The van der Waals surface area contributed by atoms with E-state index < -0.39 is 0 Å². The predicted octanol–water partition coefficient (Wildman–Crippen LogP) is 1.93. The minimum atomic E-state index is -0.164. The first-order chi connectivity index (χ1) is 10.8. The van der Waals surface area contributed by atoms with Gasteiger partial charge in [0, 0.05) is 12.0 Å². The molecule has 0 aromatic heterocycles. The Labute approximate surface area is 142 Å². The van der Waals surface area contributed by atoms with Gasteiger partial charge in [0.25, 0.3) is 0 Å². The smallest absolute Gasteiger partial charge is 0.238 e. The monoisotopic (exact) mass is 339 g/mol. The molecule has 0 saturated carbocycles. The molecule has 0 unspecified atom stereocenters. The molecule has 1 aromatic rings. The number of carbonyl (C=O) groups is 1. The van der Waals surface area contributed by atoms with Crippen molar-refractivity contribution in [1.29, 1.82) is 0 Å². The summed E-state index contributed by atoms with van der Waals surface area (Å²) in [4.78, 5) is 11.9. The van der Waals surface area contributed by atoms with E-state index >= 15 is 0 Å². The van der Waals surface area contributed by atoms with Crippen molar-refractivity contribution >= 4 is 23.2 Å². The number of amides is 1. The maximum absolute atomic E-state index is 11.9. The summed E-state index contributed by atoms with van der Waals surface area (Å²) in [6.45, 7) is 5.95. The fourth-order valence-electron chi connectivity index (χ4n) is 1.96. The zero-order valence-corrected chi connectivity index (χ0v) is 15.1. The Bertz CT molecular complexity index is 556. The highest BCUT2D eigenvalue weighted by Crippen LogP contribution is 2.31. The van der Waals surface area contributed by atoms with Crippen LogP contribution in [0.25, 0.3) is 0 Å². The highest BCUT2D eigenvalue weighted by molar-refractivity contribution is 7.80. The van der Waals surface area contributed by atoms with E-state index in [1.165, 1.54) is 0 Å². The van der Waals surface area contributed by atoms with Crippen molar-refractivity contribution in [1.82, 2.24) is 16.2 Å². The molecule has 7 heteroatoms. The van der Waals surface area contributed by atoms with Crippen LogP contribution >= 0.6 is 12.2 Å². The van der Waals surface area contributed by atoms with Gasteiger partial charge in [0.1, 0.15) is 0 Å². The predicted molar refractivity (Wildman–Crippen MR) is 94.6 cm³/mol. The lowest BCUT2D eigenvalue weighted by Crippen LogP contribution is -2.52. The highest BCUT2D eigenvalue weighted by Gasteiger charge is 2.13. The highest BCUT2D eigenvalue weighted by atomic mass is 32.1. The van der Waals surface area contributed by atoms with Crippen molar-refractivity contribution in [2.75, 3.05) is 14.2 Å². The molecule has 128 valence electrons. The summed E-state index contributed by atoms with van der Waals surface area (Å²) in [5.74, 6) is 1.15. The van der Waals surface area contributed by atoms with Crippen LogP contribution in [0.2, 0.25) is 0 Å². The maximum atomic E-state index is 11.9. The summed E-state index contributed by atoms with van der Waals surface area (Å²) in [5, 5.41) is 3.43. The van der Waals surface area contributed by atoms with E-state index in [2.05, 4.69) is 16.2 Å². The molecule has 0 aliphatic rings. The zero-order valence-electron chi connectivity index (χ0n) is 14.3. The Balaban J connectivity index is 2.50. The Morgan fingerprint density at radius 2 is 1.87 bits per heavy atom. The number of para-hydroxylation sites is 1. The van der Waals surface area contributed by atoms with Gasteiger partial charge < -0.3 is 14.8 Å². The van der Waals surface area contributed by atoms with E-state index in [-0.39, 0.29) is 11.4 Å². The average Bonchev–Trinajstić information content (AvgIpc) is 2.48. The third-order valence-corrected chi connectivity index (χ3v) is 3.11. The molecule has 0 heterocycles. The summed E-state index contributed by atoms with van der Waals surface area (Å²) < 4.78 is 10.6. The first-order valence-electron chi connectivity index (χ1n) is 7.33. The first kappa shape index (κ1) is 19.0. The molecule has 0 aliphatic carbocycles. The topological polar surface area (TPSA) is 71.6 Å². The van der Waals surface area contributed by atoms with Crippen molar-refractivity contribution < 1.29 is 14.3 Å².